The van der Waals surface area contributed by atoms with Crippen LogP contribution in [0.2, 0.25) is 0 Å². The minimum Gasteiger partial charge on any atom is -0.480 e. The summed E-state index contributed by atoms with van der Waals surface area (Å²) < 4.78 is 38.4. The Bertz CT molecular complexity index is 1290. The highest BCUT2D eigenvalue weighted by molar-refractivity contribution is 7.47. The van der Waals surface area contributed by atoms with Gasteiger partial charge < -0.3 is 29.9 Å². The van der Waals surface area contributed by atoms with Crippen molar-refractivity contribution >= 4 is 25.7 Å². The summed E-state index contributed by atoms with van der Waals surface area (Å²) in [6.07, 6.45) is 46.4. The molecule has 61 heavy (non-hydrogen) atoms. The van der Waals surface area contributed by atoms with E-state index in [-0.39, 0.29) is 19.4 Å². The molecule has 0 amide bonds. The zero-order valence-electron chi connectivity index (χ0n) is 37.9. The van der Waals surface area contributed by atoms with Gasteiger partial charge in [-0.25, -0.2) is 4.57 Å². The van der Waals surface area contributed by atoms with E-state index in [1.807, 2.05) is 12.2 Å². The Labute approximate surface area is 369 Å². The van der Waals surface area contributed by atoms with Crippen LogP contribution in [0.15, 0.2) is 48.6 Å². The lowest BCUT2D eigenvalue weighted by atomic mass is 10.1. The molecular formula is C48H84NO11P. The van der Waals surface area contributed by atoms with Gasteiger partial charge >= 0.3 is 25.7 Å². The van der Waals surface area contributed by atoms with Gasteiger partial charge in [-0.2, -0.15) is 0 Å². The Morgan fingerprint density at radius 2 is 1.10 bits per heavy atom. The van der Waals surface area contributed by atoms with E-state index >= 15 is 0 Å². The van der Waals surface area contributed by atoms with Gasteiger partial charge in [-0.3, -0.25) is 23.4 Å². The van der Waals surface area contributed by atoms with E-state index in [1.165, 1.54) is 109 Å². The maximum absolute atomic E-state index is 12.6. The van der Waals surface area contributed by atoms with Crippen LogP contribution < -0.4 is 5.73 Å². The van der Waals surface area contributed by atoms with E-state index in [0.29, 0.717) is 31.5 Å². The predicted octanol–water partition coefficient (Wildman–Crippen LogP) is 11.9. The van der Waals surface area contributed by atoms with Gasteiger partial charge in [-0.1, -0.05) is 159 Å². The molecule has 0 radical (unpaired) electrons. The first-order valence-corrected chi connectivity index (χ1v) is 25.3. The monoisotopic (exact) mass is 882 g/mol. The van der Waals surface area contributed by atoms with Gasteiger partial charge in [0, 0.05) is 12.8 Å². The molecule has 1 rings (SSSR count). The van der Waals surface area contributed by atoms with E-state index < -0.39 is 51.1 Å². The number of nitrogens with two attached hydrogens (primary N) is 1. The highest BCUT2D eigenvalue weighted by Gasteiger charge is 2.36. The van der Waals surface area contributed by atoms with Crippen molar-refractivity contribution in [3.63, 3.8) is 0 Å². The summed E-state index contributed by atoms with van der Waals surface area (Å²) in [5, 5.41) is 8.91. The molecule has 4 N–H and O–H groups in total. The number of phosphoric ester groups is 1. The fourth-order valence-electron chi connectivity index (χ4n) is 6.62. The molecule has 0 spiro atoms. The normalized spacial score (nSPS) is 17.4. The highest BCUT2D eigenvalue weighted by atomic mass is 31.2. The number of carbonyl (C=O) groups excluding carboxylic acids is 2. The largest absolute Gasteiger partial charge is 0.480 e. The van der Waals surface area contributed by atoms with Crippen LogP contribution in [0.3, 0.4) is 0 Å². The third-order valence-corrected chi connectivity index (χ3v) is 11.4. The molecule has 3 unspecified atom stereocenters. The van der Waals surface area contributed by atoms with Gasteiger partial charge in [0.05, 0.1) is 25.4 Å². The molecular weight excluding hydrogens is 797 g/mol. The summed E-state index contributed by atoms with van der Waals surface area (Å²) >= 11 is 0. The fraction of sp³-hybridized carbons (Fsp3) is 0.771. The Kier molecular flexibility index (Phi) is 36.1. The Morgan fingerprint density at radius 1 is 0.607 bits per heavy atom. The van der Waals surface area contributed by atoms with Crippen molar-refractivity contribution in [3.05, 3.63) is 48.6 Å². The predicted molar refractivity (Wildman–Crippen MR) is 244 cm³/mol. The summed E-state index contributed by atoms with van der Waals surface area (Å²) in [5.74, 6) is -2.46. The topological polar surface area (TPSA) is 184 Å². The number of hydrogen-bond acceptors (Lipinski definition) is 10. The van der Waals surface area contributed by atoms with Crippen molar-refractivity contribution in [2.75, 3.05) is 19.8 Å². The van der Waals surface area contributed by atoms with Crippen LogP contribution in [0, 0.1) is 0 Å². The minimum atomic E-state index is -4.74. The van der Waals surface area contributed by atoms with E-state index in [1.54, 1.807) is 0 Å². The molecule has 1 heterocycles. The Hall–Kier alpha value is -2.60. The number of phosphoric acid groups is 1. The number of hydrogen-bond donors (Lipinski definition) is 3. The van der Waals surface area contributed by atoms with Crippen LogP contribution in [0.1, 0.15) is 194 Å². The minimum absolute atomic E-state index is 0.0804. The first-order chi connectivity index (χ1) is 29.6. The molecule has 0 saturated carbocycles. The molecule has 0 aliphatic carbocycles. The average molecular weight is 882 g/mol. The number of carbonyl (C=O) groups is 3. The molecule has 0 aromatic rings. The fourth-order valence-corrected chi connectivity index (χ4v) is 7.40. The van der Waals surface area contributed by atoms with Gasteiger partial charge in [0.2, 0.25) is 0 Å². The molecule has 1 saturated heterocycles. The van der Waals surface area contributed by atoms with Crippen molar-refractivity contribution in [2.45, 2.75) is 218 Å². The van der Waals surface area contributed by atoms with E-state index in [4.69, 9.17) is 29.6 Å². The number of carboxylic acids is 1. The first-order valence-electron chi connectivity index (χ1n) is 23.8. The maximum atomic E-state index is 12.6. The second kappa shape index (κ2) is 39.0. The summed E-state index contributed by atoms with van der Waals surface area (Å²) in [7, 11) is -4.74. The molecule has 1 fully saturated rings. The number of esters is 2. The molecule has 13 heteroatoms. The van der Waals surface area contributed by atoms with Gasteiger partial charge in [-0.05, 0) is 70.6 Å². The van der Waals surface area contributed by atoms with Gasteiger partial charge in [0.15, 0.2) is 6.10 Å². The van der Waals surface area contributed by atoms with Crippen molar-refractivity contribution in [2.24, 2.45) is 5.73 Å². The van der Waals surface area contributed by atoms with Crippen molar-refractivity contribution < 1.29 is 52.2 Å². The standard InChI is InChI=1S/C48H84NO11P/c1-3-5-7-8-9-10-11-12-13-14-15-16-17-18-19-23-26-29-33-37-46(50)56-39-42(40-57-61(54,55)58-41-43(49)48(52)53)59-47(51)38-34-30-27-24-21-20-22-25-28-32-36-45-44(60-45)35-31-6-4-2/h12-13,20,22,24,27-28,32,42-45H,3-11,14-19,21,23,25-26,29-31,33-41,49H2,1-2H3,(H,52,53)(H,54,55)/b13-12-,22-20-,27-24-,32-28-/t42-,43+,44?,45?/m1/s1. The van der Waals surface area contributed by atoms with Crippen LogP contribution in [0.4, 0.5) is 0 Å². The van der Waals surface area contributed by atoms with Crippen LogP contribution >= 0.6 is 7.82 Å². The lowest BCUT2D eigenvalue weighted by Gasteiger charge is -2.20. The smallest absolute Gasteiger partial charge is 0.472 e. The molecule has 12 nitrogen and oxygen atoms in total. The molecule has 0 aromatic carbocycles. The van der Waals surface area contributed by atoms with Crippen molar-refractivity contribution in [1.82, 2.24) is 0 Å². The molecule has 0 aromatic heterocycles. The number of aliphatic carboxylic acids is 1. The maximum Gasteiger partial charge on any atom is 0.472 e. The van der Waals surface area contributed by atoms with Gasteiger partial charge in [0.25, 0.3) is 0 Å². The molecule has 352 valence electrons. The number of ether oxygens (including phenoxy) is 3. The lowest BCUT2D eigenvalue weighted by Crippen LogP contribution is -2.34. The summed E-state index contributed by atoms with van der Waals surface area (Å²) in [6.45, 7) is 2.72. The first kappa shape index (κ1) is 56.4. The van der Waals surface area contributed by atoms with E-state index in [9.17, 15) is 23.8 Å². The van der Waals surface area contributed by atoms with Gasteiger partial charge in [0.1, 0.15) is 12.6 Å². The summed E-state index contributed by atoms with van der Waals surface area (Å²) in [4.78, 5) is 46.1. The van der Waals surface area contributed by atoms with Crippen molar-refractivity contribution in [3.8, 4) is 0 Å². The number of rotatable bonds is 43. The molecule has 1 aliphatic heterocycles. The summed E-state index contributed by atoms with van der Waals surface area (Å²) in [6, 6.07) is -1.53. The van der Waals surface area contributed by atoms with Crippen LogP contribution in [0.5, 0.6) is 0 Å². The Morgan fingerprint density at radius 3 is 1.72 bits per heavy atom. The van der Waals surface area contributed by atoms with Crippen LogP contribution in [-0.4, -0.2) is 72.1 Å². The van der Waals surface area contributed by atoms with Crippen LogP contribution in [0.25, 0.3) is 0 Å². The third-order valence-electron chi connectivity index (χ3n) is 10.5. The SMILES string of the molecule is CCCCCCCC/C=C\CCCCCCCCCCCC(=O)OC[C@H](COP(=O)(O)OC[C@H](N)C(=O)O)OC(=O)CCC/C=C\C/C=C\C/C=C\CC1OC1CCCCC. The number of epoxide rings is 1. The molecule has 0 bridgehead atoms. The third kappa shape index (κ3) is 36.6. The second-order valence-electron chi connectivity index (χ2n) is 16.3. The number of allylic oxidation sites excluding steroid dienone is 7. The number of carboxylic acid groups (broad SMARTS) is 1. The quantitative estimate of drug-likeness (QED) is 0.0173. The molecule has 1 aliphatic rings. The number of unbranched alkanes of at least 4 members (excludes halogenated alkanes) is 18. The Balaban J connectivity index is 2.27. The second-order valence-corrected chi connectivity index (χ2v) is 17.7. The average Bonchev–Trinajstić information content (AvgIpc) is 3.99. The zero-order chi connectivity index (χ0) is 44.7. The zero-order valence-corrected chi connectivity index (χ0v) is 38.8. The lowest BCUT2D eigenvalue weighted by molar-refractivity contribution is -0.161. The highest BCUT2D eigenvalue weighted by Crippen LogP contribution is 2.43. The van der Waals surface area contributed by atoms with Crippen molar-refractivity contribution in [1.29, 1.82) is 0 Å². The van der Waals surface area contributed by atoms with E-state index in [0.717, 1.165) is 38.5 Å². The van der Waals surface area contributed by atoms with E-state index in [2.05, 4.69) is 54.8 Å². The van der Waals surface area contributed by atoms with Crippen LogP contribution in [-0.2, 0) is 42.2 Å². The molecule has 5 atom stereocenters. The summed E-state index contributed by atoms with van der Waals surface area (Å²) in [5.41, 5.74) is 5.34. The van der Waals surface area contributed by atoms with Gasteiger partial charge in [-0.15, -0.1) is 0 Å².